The molecule has 1 aliphatic carbocycles. The third kappa shape index (κ3) is 3.84. The van der Waals surface area contributed by atoms with E-state index in [2.05, 4.69) is 15.6 Å². The van der Waals surface area contributed by atoms with Crippen molar-refractivity contribution < 1.29 is 14.3 Å². The first-order valence-electron chi connectivity index (χ1n) is 8.38. The van der Waals surface area contributed by atoms with E-state index in [-0.39, 0.29) is 18.0 Å². The van der Waals surface area contributed by atoms with Crippen LogP contribution in [0.25, 0.3) is 0 Å². The van der Waals surface area contributed by atoms with Gasteiger partial charge in [0.05, 0.1) is 37.2 Å². The van der Waals surface area contributed by atoms with E-state index in [1.807, 2.05) is 0 Å². The maximum Gasteiger partial charge on any atom is 0.224 e. The molecular weight excluding hydrogens is 308 g/mol. The van der Waals surface area contributed by atoms with Crippen LogP contribution in [0, 0.1) is 0 Å². The summed E-state index contributed by atoms with van der Waals surface area (Å²) >= 11 is 0. The van der Waals surface area contributed by atoms with E-state index in [1.54, 1.807) is 43.3 Å². The van der Waals surface area contributed by atoms with Gasteiger partial charge in [-0.05, 0) is 38.3 Å². The lowest BCUT2D eigenvalue weighted by molar-refractivity contribution is -0.121. The molecule has 130 valence electrons. The second-order valence-electron chi connectivity index (χ2n) is 6.98. The Morgan fingerprint density at radius 1 is 1.46 bits per heavy atom. The van der Waals surface area contributed by atoms with Crippen LogP contribution in [0.1, 0.15) is 56.8 Å². The summed E-state index contributed by atoms with van der Waals surface area (Å²) in [7, 11) is 0. The van der Waals surface area contributed by atoms with Crippen LogP contribution in [-0.2, 0) is 16.8 Å². The maximum absolute atomic E-state index is 12.3. The van der Waals surface area contributed by atoms with Crippen molar-refractivity contribution in [1.82, 2.24) is 20.3 Å². The Kier molecular flexibility index (Phi) is 4.71. The SMILES string of the molecule is CC(C)(O)c1cn([C@@H]2CCCC[C@@H]2NC(=O)Cc2ccoc2)nn1. The molecule has 0 unspecified atom stereocenters. The number of hydrogen-bond acceptors (Lipinski definition) is 5. The molecule has 0 aliphatic heterocycles. The average molecular weight is 332 g/mol. The molecule has 24 heavy (non-hydrogen) atoms. The van der Waals surface area contributed by atoms with E-state index in [9.17, 15) is 9.90 Å². The Morgan fingerprint density at radius 2 is 2.25 bits per heavy atom. The molecule has 0 bridgehead atoms. The highest BCUT2D eigenvalue weighted by Gasteiger charge is 2.30. The van der Waals surface area contributed by atoms with Crippen LogP contribution in [0.15, 0.2) is 29.2 Å². The van der Waals surface area contributed by atoms with E-state index in [0.29, 0.717) is 12.1 Å². The molecule has 2 aromatic heterocycles. The Balaban J connectivity index is 1.69. The van der Waals surface area contributed by atoms with Gasteiger partial charge >= 0.3 is 0 Å². The zero-order valence-corrected chi connectivity index (χ0v) is 14.1. The van der Waals surface area contributed by atoms with Crippen LogP contribution in [-0.4, -0.2) is 32.0 Å². The van der Waals surface area contributed by atoms with Gasteiger partial charge in [-0.3, -0.25) is 4.79 Å². The van der Waals surface area contributed by atoms with Crippen LogP contribution in [0.3, 0.4) is 0 Å². The van der Waals surface area contributed by atoms with Crippen molar-refractivity contribution in [2.45, 2.75) is 63.6 Å². The minimum Gasteiger partial charge on any atom is -0.472 e. The zero-order valence-electron chi connectivity index (χ0n) is 14.1. The summed E-state index contributed by atoms with van der Waals surface area (Å²) in [6.07, 6.45) is 9.28. The van der Waals surface area contributed by atoms with E-state index < -0.39 is 5.60 Å². The molecule has 2 aromatic rings. The van der Waals surface area contributed by atoms with Gasteiger partial charge in [0, 0.05) is 0 Å². The van der Waals surface area contributed by atoms with Gasteiger partial charge in [0.15, 0.2) is 0 Å². The van der Waals surface area contributed by atoms with Crippen LogP contribution in [0.5, 0.6) is 0 Å². The predicted octanol–water partition coefficient (Wildman–Crippen LogP) is 1.94. The molecule has 1 saturated carbocycles. The summed E-state index contributed by atoms with van der Waals surface area (Å²) in [5, 5.41) is 21.4. The fourth-order valence-electron chi connectivity index (χ4n) is 3.15. The minimum absolute atomic E-state index is 0.0175. The second-order valence-corrected chi connectivity index (χ2v) is 6.98. The minimum atomic E-state index is -1.02. The van der Waals surface area contributed by atoms with Gasteiger partial charge in [0.1, 0.15) is 11.3 Å². The molecule has 1 aliphatic rings. The Morgan fingerprint density at radius 3 is 2.92 bits per heavy atom. The van der Waals surface area contributed by atoms with Crippen molar-refractivity contribution in [2.75, 3.05) is 0 Å². The number of aromatic nitrogens is 3. The summed E-state index contributed by atoms with van der Waals surface area (Å²) in [4.78, 5) is 12.3. The molecule has 2 N–H and O–H groups in total. The summed E-state index contributed by atoms with van der Waals surface area (Å²) in [5.74, 6) is -0.0175. The van der Waals surface area contributed by atoms with Gasteiger partial charge in [-0.25, -0.2) is 4.68 Å². The molecule has 0 saturated heterocycles. The van der Waals surface area contributed by atoms with Crippen LogP contribution in [0.4, 0.5) is 0 Å². The van der Waals surface area contributed by atoms with Crippen molar-refractivity contribution in [2.24, 2.45) is 0 Å². The molecule has 0 aromatic carbocycles. The van der Waals surface area contributed by atoms with E-state index in [4.69, 9.17) is 4.42 Å². The number of nitrogens with zero attached hydrogens (tertiary/aromatic N) is 3. The largest absolute Gasteiger partial charge is 0.472 e. The first kappa shape index (κ1) is 16.7. The first-order valence-corrected chi connectivity index (χ1v) is 8.38. The normalized spacial score (nSPS) is 21.6. The molecule has 3 rings (SSSR count). The summed E-state index contributed by atoms with van der Waals surface area (Å²) in [5.41, 5.74) is 0.383. The van der Waals surface area contributed by atoms with Crippen molar-refractivity contribution in [3.05, 3.63) is 36.0 Å². The highest BCUT2D eigenvalue weighted by molar-refractivity contribution is 5.78. The Hall–Kier alpha value is -2.15. The first-order chi connectivity index (χ1) is 11.4. The molecular formula is C17H24N4O3. The van der Waals surface area contributed by atoms with Crippen molar-refractivity contribution in [1.29, 1.82) is 0 Å². The molecule has 0 spiro atoms. The van der Waals surface area contributed by atoms with Crippen molar-refractivity contribution in [3.63, 3.8) is 0 Å². The standard InChI is InChI=1S/C17H24N4O3/c1-17(2,23)15-10-21(20-19-15)14-6-4-3-5-13(14)18-16(22)9-12-7-8-24-11-12/h7-8,10-11,13-14,23H,3-6,9H2,1-2H3,(H,18,22)/t13-,14+/m0/s1. The lowest BCUT2D eigenvalue weighted by atomic mass is 9.90. The summed E-state index contributed by atoms with van der Waals surface area (Å²) < 4.78 is 6.79. The zero-order chi connectivity index (χ0) is 17.2. The molecule has 0 radical (unpaired) electrons. The number of carbonyl (C=O) groups excluding carboxylic acids is 1. The molecule has 7 heteroatoms. The van der Waals surface area contributed by atoms with Gasteiger partial charge in [-0.1, -0.05) is 18.1 Å². The number of aliphatic hydroxyl groups is 1. The monoisotopic (exact) mass is 332 g/mol. The topological polar surface area (TPSA) is 93.2 Å². The lowest BCUT2D eigenvalue weighted by Gasteiger charge is -2.32. The number of hydrogen-bond donors (Lipinski definition) is 2. The van der Waals surface area contributed by atoms with Crippen LogP contribution < -0.4 is 5.32 Å². The number of rotatable bonds is 5. The number of carbonyl (C=O) groups is 1. The quantitative estimate of drug-likeness (QED) is 0.873. The van der Waals surface area contributed by atoms with Crippen LogP contribution >= 0.6 is 0 Å². The number of nitrogens with one attached hydrogen (secondary N) is 1. The molecule has 2 atom stereocenters. The van der Waals surface area contributed by atoms with E-state index in [0.717, 1.165) is 31.2 Å². The van der Waals surface area contributed by atoms with E-state index in [1.165, 1.54) is 0 Å². The second kappa shape index (κ2) is 6.76. The van der Waals surface area contributed by atoms with Gasteiger partial charge in [0.2, 0.25) is 5.91 Å². The highest BCUT2D eigenvalue weighted by Crippen LogP contribution is 2.29. The smallest absolute Gasteiger partial charge is 0.224 e. The fourth-order valence-corrected chi connectivity index (χ4v) is 3.15. The molecule has 2 heterocycles. The third-order valence-corrected chi connectivity index (χ3v) is 4.50. The van der Waals surface area contributed by atoms with Crippen molar-refractivity contribution >= 4 is 5.91 Å². The lowest BCUT2D eigenvalue weighted by Crippen LogP contribution is -2.43. The third-order valence-electron chi connectivity index (χ3n) is 4.50. The van der Waals surface area contributed by atoms with E-state index >= 15 is 0 Å². The van der Waals surface area contributed by atoms with Gasteiger partial charge < -0.3 is 14.8 Å². The van der Waals surface area contributed by atoms with Gasteiger partial charge in [-0.15, -0.1) is 5.10 Å². The van der Waals surface area contributed by atoms with Crippen molar-refractivity contribution in [3.8, 4) is 0 Å². The summed E-state index contributed by atoms with van der Waals surface area (Å²) in [6, 6.07) is 1.88. The average Bonchev–Trinajstić information content (AvgIpc) is 3.18. The van der Waals surface area contributed by atoms with Gasteiger partial charge in [0.25, 0.3) is 0 Å². The Labute approximate surface area is 141 Å². The number of furan rings is 1. The van der Waals surface area contributed by atoms with Gasteiger partial charge in [-0.2, -0.15) is 0 Å². The molecule has 7 nitrogen and oxygen atoms in total. The predicted molar refractivity (Wildman–Crippen MR) is 87.1 cm³/mol. The highest BCUT2D eigenvalue weighted by atomic mass is 16.3. The number of amides is 1. The fraction of sp³-hybridized carbons (Fsp3) is 0.588. The van der Waals surface area contributed by atoms with Crippen LogP contribution in [0.2, 0.25) is 0 Å². The summed E-state index contributed by atoms with van der Waals surface area (Å²) in [6.45, 7) is 3.37. The Bertz CT molecular complexity index is 672. The molecule has 1 amide bonds. The molecule has 1 fully saturated rings. The maximum atomic E-state index is 12.3.